The Labute approximate surface area is 125 Å². The van der Waals surface area contributed by atoms with E-state index in [0.717, 1.165) is 23.9 Å². The van der Waals surface area contributed by atoms with Gasteiger partial charge >= 0.3 is 0 Å². The Morgan fingerprint density at radius 2 is 2.21 bits per heavy atom. The van der Waals surface area contributed by atoms with Gasteiger partial charge in [0.1, 0.15) is 0 Å². The van der Waals surface area contributed by atoms with Crippen molar-refractivity contribution in [3.63, 3.8) is 0 Å². The Balaban J connectivity index is 1.98. The Morgan fingerprint density at radius 1 is 1.47 bits per heavy atom. The molecule has 0 aromatic carbocycles. The van der Waals surface area contributed by atoms with Gasteiger partial charge in [0.15, 0.2) is 0 Å². The number of rotatable bonds is 4. The average molecular weight is 300 g/mol. The molecule has 19 heavy (non-hydrogen) atoms. The summed E-state index contributed by atoms with van der Waals surface area (Å²) >= 11 is 4.13. The van der Waals surface area contributed by atoms with Crippen molar-refractivity contribution in [1.29, 1.82) is 0 Å². The van der Waals surface area contributed by atoms with E-state index in [-0.39, 0.29) is 6.04 Å². The number of aryl methyl sites for hydroxylation is 2. The lowest BCUT2D eigenvalue weighted by molar-refractivity contribution is 0.573. The molecule has 1 fully saturated rings. The molecular weight excluding hydrogens is 274 g/mol. The van der Waals surface area contributed by atoms with Gasteiger partial charge in [-0.1, -0.05) is 13.8 Å². The maximum absolute atomic E-state index is 6.45. The molecule has 1 saturated heterocycles. The highest BCUT2D eigenvalue weighted by molar-refractivity contribution is 8.07. The normalized spacial score (nSPS) is 29.4. The zero-order valence-corrected chi connectivity index (χ0v) is 13.9. The maximum Gasteiger partial charge on any atom is 0.0596 e. The number of hydrogen-bond acceptors (Lipinski definition) is 4. The van der Waals surface area contributed by atoms with Crippen LogP contribution in [0, 0.1) is 6.92 Å². The smallest absolute Gasteiger partial charge is 0.0596 e. The minimum Gasteiger partial charge on any atom is -0.326 e. The first-order valence-electron chi connectivity index (χ1n) is 7.07. The maximum atomic E-state index is 6.45. The summed E-state index contributed by atoms with van der Waals surface area (Å²) in [4.78, 5) is 0. The van der Waals surface area contributed by atoms with Gasteiger partial charge < -0.3 is 5.73 Å². The van der Waals surface area contributed by atoms with Crippen LogP contribution in [0.25, 0.3) is 0 Å². The molecule has 1 aliphatic heterocycles. The summed E-state index contributed by atoms with van der Waals surface area (Å²) in [7, 11) is 0. The van der Waals surface area contributed by atoms with Crippen molar-refractivity contribution in [3.05, 3.63) is 17.5 Å². The molecule has 1 aromatic rings. The molecule has 3 nitrogen and oxygen atoms in total. The van der Waals surface area contributed by atoms with Crippen LogP contribution in [-0.2, 0) is 13.0 Å². The summed E-state index contributed by atoms with van der Waals surface area (Å²) in [6.07, 6.45) is 0.938. The number of thioether (sulfide) groups is 2. The van der Waals surface area contributed by atoms with E-state index in [2.05, 4.69) is 67.1 Å². The lowest BCUT2D eigenvalue weighted by Crippen LogP contribution is -2.41. The van der Waals surface area contributed by atoms with Crippen molar-refractivity contribution in [2.24, 2.45) is 5.73 Å². The minimum absolute atomic E-state index is 0.230. The van der Waals surface area contributed by atoms with Crippen LogP contribution in [0.15, 0.2) is 6.07 Å². The third-order valence-corrected chi connectivity index (χ3v) is 7.35. The molecule has 0 radical (unpaired) electrons. The molecule has 1 aliphatic rings. The van der Waals surface area contributed by atoms with E-state index >= 15 is 0 Å². The SMILES string of the molecule is CCn1nc(C)cc1CC(N)C1CSC(C)C(C)S1. The summed E-state index contributed by atoms with van der Waals surface area (Å²) in [6, 6.07) is 2.41. The Hall–Kier alpha value is -0.130. The molecular formula is C14H25N3S2. The summed E-state index contributed by atoms with van der Waals surface area (Å²) in [5.74, 6) is 1.18. The van der Waals surface area contributed by atoms with Gasteiger partial charge in [-0.2, -0.15) is 28.6 Å². The van der Waals surface area contributed by atoms with Crippen LogP contribution in [0.2, 0.25) is 0 Å². The molecule has 2 heterocycles. The van der Waals surface area contributed by atoms with Crippen molar-refractivity contribution in [2.75, 3.05) is 5.75 Å². The molecule has 4 atom stereocenters. The Bertz CT molecular complexity index is 419. The quantitative estimate of drug-likeness (QED) is 0.928. The van der Waals surface area contributed by atoms with Gasteiger partial charge in [-0.15, -0.1) is 0 Å². The van der Waals surface area contributed by atoms with Crippen LogP contribution in [-0.4, -0.2) is 37.3 Å². The topological polar surface area (TPSA) is 43.8 Å². The second-order valence-electron chi connectivity index (χ2n) is 5.38. The van der Waals surface area contributed by atoms with Crippen molar-refractivity contribution in [1.82, 2.24) is 9.78 Å². The van der Waals surface area contributed by atoms with Gasteiger partial charge in [0.05, 0.1) is 5.69 Å². The summed E-state index contributed by atoms with van der Waals surface area (Å²) in [6.45, 7) is 9.75. The highest BCUT2D eigenvalue weighted by Crippen LogP contribution is 2.37. The van der Waals surface area contributed by atoms with Crippen LogP contribution in [0.4, 0.5) is 0 Å². The molecule has 2 N–H and O–H groups in total. The monoisotopic (exact) mass is 299 g/mol. The van der Waals surface area contributed by atoms with Gasteiger partial charge in [0.2, 0.25) is 0 Å². The highest BCUT2D eigenvalue weighted by Gasteiger charge is 2.30. The molecule has 2 rings (SSSR count). The summed E-state index contributed by atoms with van der Waals surface area (Å²) in [5.41, 5.74) is 8.82. The van der Waals surface area contributed by atoms with E-state index in [0.29, 0.717) is 10.5 Å². The van der Waals surface area contributed by atoms with E-state index < -0.39 is 0 Å². The van der Waals surface area contributed by atoms with E-state index in [9.17, 15) is 0 Å². The van der Waals surface area contributed by atoms with Crippen LogP contribution < -0.4 is 5.73 Å². The summed E-state index contributed by atoms with van der Waals surface area (Å²) < 4.78 is 2.09. The van der Waals surface area contributed by atoms with E-state index in [1.54, 1.807) is 0 Å². The van der Waals surface area contributed by atoms with Crippen molar-refractivity contribution < 1.29 is 0 Å². The zero-order valence-electron chi connectivity index (χ0n) is 12.3. The molecule has 0 spiro atoms. The fraction of sp³-hybridized carbons (Fsp3) is 0.786. The highest BCUT2D eigenvalue weighted by atomic mass is 32.2. The first-order chi connectivity index (χ1) is 9.01. The summed E-state index contributed by atoms with van der Waals surface area (Å²) in [5, 5.41) is 6.52. The molecule has 5 heteroatoms. The van der Waals surface area contributed by atoms with Crippen molar-refractivity contribution >= 4 is 23.5 Å². The van der Waals surface area contributed by atoms with Gasteiger partial charge in [-0.25, -0.2) is 0 Å². The average Bonchev–Trinajstić information content (AvgIpc) is 2.72. The molecule has 0 amide bonds. The van der Waals surface area contributed by atoms with E-state index in [4.69, 9.17) is 5.73 Å². The van der Waals surface area contributed by atoms with E-state index in [1.807, 2.05) is 0 Å². The van der Waals surface area contributed by atoms with Gasteiger partial charge in [-0.3, -0.25) is 4.68 Å². The second kappa shape index (κ2) is 6.55. The first kappa shape index (κ1) is 15.3. The fourth-order valence-electron chi connectivity index (χ4n) is 2.44. The standard InChI is InChI=1S/C14H25N3S2/c1-5-17-12(6-9(2)16-17)7-13(15)14-8-18-10(3)11(4)19-14/h6,10-11,13-14H,5,7-8,15H2,1-4H3. The third kappa shape index (κ3) is 3.70. The third-order valence-electron chi connectivity index (χ3n) is 3.78. The zero-order chi connectivity index (χ0) is 14.0. The van der Waals surface area contributed by atoms with Crippen LogP contribution >= 0.6 is 23.5 Å². The van der Waals surface area contributed by atoms with Crippen molar-refractivity contribution in [2.45, 2.75) is 62.5 Å². The molecule has 0 saturated carbocycles. The second-order valence-corrected chi connectivity index (χ2v) is 8.41. The van der Waals surface area contributed by atoms with Crippen molar-refractivity contribution in [3.8, 4) is 0 Å². The lowest BCUT2D eigenvalue weighted by Gasteiger charge is -2.34. The fourth-order valence-corrected chi connectivity index (χ4v) is 5.50. The molecule has 0 bridgehead atoms. The molecule has 0 aliphatic carbocycles. The first-order valence-corrected chi connectivity index (χ1v) is 9.06. The van der Waals surface area contributed by atoms with E-state index in [1.165, 1.54) is 11.4 Å². The largest absolute Gasteiger partial charge is 0.326 e. The van der Waals surface area contributed by atoms with Crippen LogP contribution in [0.5, 0.6) is 0 Å². The molecule has 1 aromatic heterocycles. The number of hydrogen-bond donors (Lipinski definition) is 1. The number of aromatic nitrogens is 2. The van der Waals surface area contributed by atoms with Gasteiger partial charge in [-0.05, 0) is 19.9 Å². The number of nitrogens with zero attached hydrogens (tertiary/aromatic N) is 2. The Kier molecular flexibility index (Phi) is 5.26. The van der Waals surface area contributed by atoms with Crippen LogP contribution in [0.3, 0.4) is 0 Å². The minimum atomic E-state index is 0.230. The number of nitrogens with two attached hydrogens (primary N) is 1. The molecule has 108 valence electrons. The van der Waals surface area contributed by atoms with Crippen LogP contribution in [0.1, 0.15) is 32.2 Å². The van der Waals surface area contributed by atoms with Gasteiger partial charge in [0.25, 0.3) is 0 Å². The Morgan fingerprint density at radius 3 is 2.84 bits per heavy atom. The lowest BCUT2D eigenvalue weighted by atomic mass is 10.1. The predicted octanol–water partition coefficient (Wildman–Crippen LogP) is 2.71. The predicted molar refractivity (Wildman–Crippen MR) is 87.1 cm³/mol. The van der Waals surface area contributed by atoms with Gasteiger partial charge in [0, 0.05) is 46.2 Å². The molecule has 4 unspecified atom stereocenters.